The van der Waals surface area contributed by atoms with Crippen LogP contribution in [0.15, 0.2) is 11.6 Å². The van der Waals surface area contributed by atoms with E-state index in [9.17, 15) is 14.4 Å². The van der Waals surface area contributed by atoms with Crippen LogP contribution in [0.4, 0.5) is 0 Å². The number of methoxy groups -OCH3 is 1. The number of aliphatic carboxylic acids is 1. The first-order valence-corrected chi connectivity index (χ1v) is 7.08. The lowest BCUT2D eigenvalue weighted by atomic mass is 9.51. The molecule has 0 heterocycles. The predicted octanol–water partition coefficient (Wildman–Crippen LogP) is 2.24. The topological polar surface area (TPSA) is 80.7 Å². The van der Waals surface area contributed by atoms with E-state index in [2.05, 4.69) is 0 Å². The second-order valence-electron chi connectivity index (χ2n) is 6.45. The molecule has 1 N–H and O–H groups in total. The molecule has 2 unspecified atom stereocenters. The van der Waals surface area contributed by atoms with E-state index in [1.165, 1.54) is 13.2 Å². The molecule has 2 atom stereocenters. The summed E-state index contributed by atoms with van der Waals surface area (Å²) in [4.78, 5) is 36.3. The molecule has 0 aromatic heterocycles. The van der Waals surface area contributed by atoms with E-state index in [1.807, 2.05) is 0 Å². The summed E-state index contributed by atoms with van der Waals surface area (Å²) in [7, 11) is 1.53. The Bertz CT molecular complexity index is 489. The number of rotatable bonds is 6. The van der Waals surface area contributed by atoms with Crippen LogP contribution in [0.1, 0.15) is 40.5 Å². The minimum absolute atomic E-state index is 0.0934. The number of ether oxygens (including phenoxy) is 1. The number of carbonyl (C=O) groups is 3. The Labute approximate surface area is 125 Å². The third kappa shape index (κ3) is 2.93. The number of hydrogen-bond acceptors (Lipinski definition) is 4. The molecule has 1 aliphatic carbocycles. The number of carboxylic acid groups (broad SMARTS) is 1. The van der Waals surface area contributed by atoms with E-state index >= 15 is 0 Å². The third-order valence-corrected chi connectivity index (χ3v) is 4.81. The van der Waals surface area contributed by atoms with E-state index in [0.29, 0.717) is 18.6 Å². The Morgan fingerprint density at radius 3 is 2.48 bits per heavy atom. The van der Waals surface area contributed by atoms with Crippen molar-refractivity contribution in [3.63, 3.8) is 0 Å². The molecule has 1 rings (SSSR count). The minimum atomic E-state index is -1.04. The van der Waals surface area contributed by atoms with Gasteiger partial charge in [-0.1, -0.05) is 20.8 Å². The van der Waals surface area contributed by atoms with Gasteiger partial charge in [-0.3, -0.25) is 14.4 Å². The molecule has 1 aliphatic rings. The second-order valence-corrected chi connectivity index (χ2v) is 6.45. The van der Waals surface area contributed by atoms with Crippen LogP contribution in [0, 0.1) is 16.7 Å². The van der Waals surface area contributed by atoms with Crippen LogP contribution >= 0.6 is 0 Å². The highest BCUT2D eigenvalue weighted by Gasteiger charge is 2.57. The fraction of sp³-hybridized carbons (Fsp3) is 0.688. The Hall–Kier alpha value is -1.49. The van der Waals surface area contributed by atoms with Gasteiger partial charge in [0, 0.05) is 19.6 Å². The van der Waals surface area contributed by atoms with Gasteiger partial charge >= 0.3 is 5.97 Å². The molecule has 0 aliphatic heterocycles. The van der Waals surface area contributed by atoms with Gasteiger partial charge in [-0.25, -0.2) is 0 Å². The molecule has 0 fully saturated rings. The first-order chi connectivity index (χ1) is 9.60. The molecule has 5 nitrogen and oxygen atoms in total. The maximum atomic E-state index is 12.7. The van der Waals surface area contributed by atoms with Gasteiger partial charge in [0.2, 0.25) is 0 Å². The maximum Gasteiger partial charge on any atom is 0.303 e. The molecule has 0 radical (unpaired) electrons. The van der Waals surface area contributed by atoms with E-state index < -0.39 is 22.7 Å². The molecule has 0 saturated carbocycles. The van der Waals surface area contributed by atoms with Crippen molar-refractivity contribution in [2.45, 2.75) is 40.5 Å². The molecule has 0 amide bonds. The number of Topliss-reactive ketones (excluding diaryl/α,β-unsaturated/α-hetero) is 1. The van der Waals surface area contributed by atoms with E-state index in [4.69, 9.17) is 9.84 Å². The molecule has 0 spiro atoms. The average Bonchev–Trinajstić information content (AvgIpc) is 2.34. The van der Waals surface area contributed by atoms with Crippen molar-refractivity contribution < 1.29 is 24.2 Å². The molecule has 21 heavy (non-hydrogen) atoms. The van der Waals surface area contributed by atoms with E-state index in [1.54, 1.807) is 27.7 Å². The van der Waals surface area contributed by atoms with Crippen molar-refractivity contribution in [3.8, 4) is 0 Å². The molecule has 0 bridgehead atoms. The van der Waals surface area contributed by atoms with Crippen LogP contribution in [0.2, 0.25) is 0 Å². The highest BCUT2D eigenvalue weighted by molar-refractivity contribution is 6.12. The van der Waals surface area contributed by atoms with E-state index in [-0.39, 0.29) is 18.0 Å². The predicted molar refractivity (Wildman–Crippen MR) is 77.9 cm³/mol. The molecule has 118 valence electrons. The number of allylic oxidation sites excluding steroid dienone is 2. The first-order valence-electron chi connectivity index (χ1n) is 7.08. The summed E-state index contributed by atoms with van der Waals surface area (Å²) in [6, 6.07) is 0. The summed E-state index contributed by atoms with van der Waals surface area (Å²) in [6.45, 7) is 7.14. The van der Waals surface area contributed by atoms with Crippen molar-refractivity contribution in [3.05, 3.63) is 11.6 Å². The van der Waals surface area contributed by atoms with Crippen LogP contribution in [-0.4, -0.2) is 36.4 Å². The Morgan fingerprint density at radius 2 is 2.00 bits per heavy atom. The van der Waals surface area contributed by atoms with Gasteiger partial charge in [0.05, 0.1) is 11.8 Å². The molecule has 5 heteroatoms. The monoisotopic (exact) mass is 296 g/mol. The van der Waals surface area contributed by atoms with Crippen LogP contribution in [-0.2, 0) is 19.1 Å². The standard InChI is InChI=1S/C16H24O5/c1-10-8-12(17)16(6-7-21-5,11(2)14(10)20)15(3,4)9-13(18)19/h8,11H,6-7,9H2,1-5H3,(H,18,19). The molecule has 0 saturated heterocycles. The molecular formula is C16H24O5. The molecule has 0 aromatic rings. The number of carbonyl (C=O) groups excluding carboxylic acids is 2. The second kappa shape index (κ2) is 6.10. The van der Waals surface area contributed by atoms with Crippen LogP contribution in [0.25, 0.3) is 0 Å². The van der Waals surface area contributed by atoms with Crippen LogP contribution in [0.5, 0.6) is 0 Å². The van der Waals surface area contributed by atoms with Gasteiger partial charge in [0.1, 0.15) is 0 Å². The summed E-state index contributed by atoms with van der Waals surface area (Å²) in [5.41, 5.74) is -1.45. The molecule has 0 aromatic carbocycles. The highest BCUT2D eigenvalue weighted by atomic mass is 16.5. The Kier molecular flexibility index (Phi) is 5.10. The quantitative estimate of drug-likeness (QED) is 0.813. The zero-order chi connectivity index (χ0) is 16.4. The van der Waals surface area contributed by atoms with Crippen molar-refractivity contribution in [2.75, 3.05) is 13.7 Å². The van der Waals surface area contributed by atoms with Crippen molar-refractivity contribution in [2.24, 2.45) is 16.7 Å². The first kappa shape index (κ1) is 17.6. The zero-order valence-electron chi connectivity index (χ0n) is 13.4. The minimum Gasteiger partial charge on any atom is -0.481 e. The lowest BCUT2D eigenvalue weighted by Gasteiger charge is -2.49. The largest absolute Gasteiger partial charge is 0.481 e. The lowest BCUT2D eigenvalue weighted by molar-refractivity contribution is -0.154. The third-order valence-electron chi connectivity index (χ3n) is 4.81. The average molecular weight is 296 g/mol. The van der Waals surface area contributed by atoms with Gasteiger partial charge in [0.15, 0.2) is 11.6 Å². The summed E-state index contributed by atoms with van der Waals surface area (Å²) in [5.74, 6) is -1.80. The van der Waals surface area contributed by atoms with Gasteiger partial charge in [-0.05, 0) is 30.4 Å². The lowest BCUT2D eigenvalue weighted by Crippen LogP contribution is -2.54. The maximum absolute atomic E-state index is 12.7. The van der Waals surface area contributed by atoms with Gasteiger partial charge < -0.3 is 9.84 Å². The summed E-state index contributed by atoms with van der Waals surface area (Å²) in [5, 5.41) is 9.17. The van der Waals surface area contributed by atoms with Crippen molar-refractivity contribution in [1.82, 2.24) is 0 Å². The van der Waals surface area contributed by atoms with Crippen molar-refractivity contribution >= 4 is 17.5 Å². The number of hydrogen-bond donors (Lipinski definition) is 1. The number of ketones is 2. The smallest absolute Gasteiger partial charge is 0.303 e. The van der Waals surface area contributed by atoms with Crippen LogP contribution < -0.4 is 0 Å². The van der Waals surface area contributed by atoms with E-state index in [0.717, 1.165) is 0 Å². The van der Waals surface area contributed by atoms with Crippen LogP contribution in [0.3, 0.4) is 0 Å². The SMILES string of the molecule is COCCC1(C(C)(C)CC(=O)O)C(=O)C=C(C)C(=O)C1C. The normalized spacial score (nSPS) is 26.7. The Balaban J connectivity index is 3.42. The Morgan fingerprint density at radius 1 is 1.43 bits per heavy atom. The van der Waals surface area contributed by atoms with Crippen molar-refractivity contribution in [1.29, 1.82) is 0 Å². The van der Waals surface area contributed by atoms with Gasteiger partial charge in [-0.15, -0.1) is 0 Å². The number of carboxylic acids is 1. The van der Waals surface area contributed by atoms with Gasteiger partial charge in [0.25, 0.3) is 0 Å². The summed E-state index contributed by atoms with van der Waals surface area (Å²) >= 11 is 0. The fourth-order valence-electron chi connectivity index (χ4n) is 3.57. The fourth-order valence-corrected chi connectivity index (χ4v) is 3.57. The highest BCUT2D eigenvalue weighted by Crippen LogP contribution is 2.53. The summed E-state index contributed by atoms with van der Waals surface area (Å²) < 4.78 is 5.10. The van der Waals surface area contributed by atoms with Gasteiger partial charge in [-0.2, -0.15) is 0 Å². The zero-order valence-corrected chi connectivity index (χ0v) is 13.4. The summed E-state index contributed by atoms with van der Waals surface area (Å²) in [6.07, 6.45) is 1.52. The molecular weight excluding hydrogens is 272 g/mol.